The summed E-state index contributed by atoms with van der Waals surface area (Å²) in [7, 11) is 2.02. The second-order valence-corrected chi connectivity index (χ2v) is 4.83. The molecule has 0 aliphatic heterocycles. The van der Waals surface area contributed by atoms with Gasteiger partial charge in [-0.25, -0.2) is 4.98 Å². The molecule has 3 N–H and O–H groups in total. The zero-order valence-electron chi connectivity index (χ0n) is 11.4. The van der Waals surface area contributed by atoms with E-state index in [9.17, 15) is 5.11 Å². The number of imidazole rings is 1. The zero-order chi connectivity index (χ0) is 13.8. The molecule has 0 aliphatic rings. The van der Waals surface area contributed by atoms with Crippen molar-refractivity contribution in [2.75, 3.05) is 19.7 Å². The van der Waals surface area contributed by atoms with Crippen molar-refractivity contribution >= 4 is 11.0 Å². The fourth-order valence-corrected chi connectivity index (χ4v) is 2.09. The Morgan fingerprint density at radius 3 is 2.95 bits per heavy atom. The maximum absolute atomic E-state index is 9.20. The van der Waals surface area contributed by atoms with Gasteiger partial charge in [0, 0.05) is 13.6 Å². The molecule has 1 unspecified atom stereocenters. The van der Waals surface area contributed by atoms with Crippen LogP contribution in [0, 0.1) is 6.92 Å². The van der Waals surface area contributed by atoms with Gasteiger partial charge in [0.25, 0.3) is 0 Å². The van der Waals surface area contributed by atoms with Crippen LogP contribution in [0.2, 0.25) is 0 Å². The van der Waals surface area contributed by atoms with Crippen LogP contribution in [0.5, 0.6) is 0 Å². The molecule has 2 rings (SSSR count). The van der Waals surface area contributed by atoms with Gasteiger partial charge in [0.15, 0.2) is 0 Å². The number of rotatable bonds is 6. The molecule has 0 saturated carbocycles. The minimum atomic E-state index is -0.680. The Morgan fingerprint density at radius 1 is 1.42 bits per heavy atom. The lowest BCUT2D eigenvalue weighted by Gasteiger charge is -2.08. The molecule has 0 aliphatic carbocycles. The summed E-state index contributed by atoms with van der Waals surface area (Å²) in [6.07, 6.45) is 0.199. The van der Waals surface area contributed by atoms with Crippen LogP contribution >= 0.6 is 0 Å². The monoisotopic (exact) mass is 263 g/mol. The third-order valence-electron chi connectivity index (χ3n) is 3.35. The van der Waals surface area contributed by atoms with Gasteiger partial charge >= 0.3 is 0 Å². The number of nitrogens with one attached hydrogen (secondary N) is 1. The van der Waals surface area contributed by atoms with Gasteiger partial charge in [-0.15, -0.1) is 0 Å². The molecular weight excluding hydrogens is 242 g/mol. The minimum absolute atomic E-state index is 0.202. The first-order chi connectivity index (χ1) is 9.11. The number of aliphatic hydroxyl groups excluding tert-OH is 2. The highest BCUT2D eigenvalue weighted by atomic mass is 16.3. The van der Waals surface area contributed by atoms with E-state index in [0.717, 1.165) is 29.8 Å². The summed E-state index contributed by atoms with van der Waals surface area (Å²) >= 11 is 0. The lowest BCUT2D eigenvalue weighted by Crippen LogP contribution is -2.30. The Hall–Kier alpha value is -1.43. The fourth-order valence-electron chi connectivity index (χ4n) is 2.09. The van der Waals surface area contributed by atoms with Crippen molar-refractivity contribution in [2.45, 2.75) is 19.4 Å². The summed E-state index contributed by atoms with van der Waals surface area (Å²) in [5.74, 6) is 1.01. The van der Waals surface area contributed by atoms with Gasteiger partial charge in [0.05, 0.1) is 23.7 Å². The second kappa shape index (κ2) is 6.14. The molecule has 2 aromatic rings. The Balaban J connectivity index is 1.94. The lowest BCUT2D eigenvalue weighted by molar-refractivity contribution is 0.0947. The van der Waals surface area contributed by atoms with Crippen LogP contribution in [0.1, 0.15) is 11.4 Å². The molecule has 0 radical (unpaired) electrons. The highest BCUT2D eigenvalue weighted by molar-refractivity contribution is 5.76. The predicted octanol–water partition coefficient (Wildman–Crippen LogP) is 0.367. The lowest BCUT2D eigenvalue weighted by atomic mass is 10.1. The van der Waals surface area contributed by atoms with E-state index in [4.69, 9.17) is 5.11 Å². The average molecular weight is 263 g/mol. The van der Waals surface area contributed by atoms with Crippen molar-refractivity contribution in [1.29, 1.82) is 0 Å². The number of hydrogen-bond donors (Lipinski definition) is 3. The number of hydrogen-bond acceptors (Lipinski definition) is 4. The summed E-state index contributed by atoms with van der Waals surface area (Å²) < 4.78 is 2.08. The van der Waals surface area contributed by atoms with Crippen molar-refractivity contribution in [2.24, 2.45) is 7.05 Å². The number of fused-ring (bicyclic) bond motifs is 1. The van der Waals surface area contributed by atoms with Gasteiger partial charge in [-0.05, 0) is 37.6 Å². The zero-order valence-corrected chi connectivity index (χ0v) is 11.4. The van der Waals surface area contributed by atoms with E-state index in [-0.39, 0.29) is 6.61 Å². The molecule has 5 nitrogen and oxygen atoms in total. The van der Waals surface area contributed by atoms with E-state index in [1.165, 1.54) is 5.56 Å². The molecule has 19 heavy (non-hydrogen) atoms. The number of benzene rings is 1. The third kappa shape index (κ3) is 3.32. The van der Waals surface area contributed by atoms with Crippen molar-refractivity contribution < 1.29 is 10.2 Å². The first-order valence-corrected chi connectivity index (χ1v) is 6.53. The normalized spacial score (nSPS) is 13.1. The molecule has 0 saturated heterocycles. The first-order valence-electron chi connectivity index (χ1n) is 6.53. The van der Waals surface area contributed by atoms with Gasteiger partial charge in [0.1, 0.15) is 5.82 Å². The molecule has 0 bridgehead atoms. The Morgan fingerprint density at radius 2 is 2.21 bits per heavy atom. The van der Waals surface area contributed by atoms with Crippen molar-refractivity contribution in [3.63, 3.8) is 0 Å². The van der Waals surface area contributed by atoms with E-state index in [2.05, 4.69) is 33.1 Å². The molecule has 0 spiro atoms. The van der Waals surface area contributed by atoms with Crippen molar-refractivity contribution in [1.82, 2.24) is 14.9 Å². The van der Waals surface area contributed by atoms with Crippen molar-refractivity contribution in [3.8, 4) is 0 Å². The minimum Gasteiger partial charge on any atom is -0.394 e. The van der Waals surface area contributed by atoms with Crippen LogP contribution in [-0.2, 0) is 13.5 Å². The largest absolute Gasteiger partial charge is 0.394 e. The molecule has 104 valence electrons. The maximum Gasteiger partial charge on any atom is 0.106 e. The highest BCUT2D eigenvalue weighted by Gasteiger charge is 2.05. The molecule has 5 heteroatoms. The van der Waals surface area contributed by atoms with E-state index in [1.807, 2.05) is 14.0 Å². The summed E-state index contributed by atoms with van der Waals surface area (Å²) in [5.41, 5.74) is 3.38. The van der Waals surface area contributed by atoms with E-state index >= 15 is 0 Å². The second-order valence-electron chi connectivity index (χ2n) is 4.83. The van der Waals surface area contributed by atoms with Crippen LogP contribution in [0.4, 0.5) is 0 Å². The van der Waals surface area contributed by atoms with E-state index < -0.39 is 6.10 Å². The molecule has 1 aromatic carbocycles. The van der Waals surface area contributed by atoms with E-state index in [0.29, 0.717) is 6.54 Å². The maximum atomic E-state index is 9.20. The van der Waals surface area contributed by atoms with Crippen LogP contribution in [-0.4, -0.2) is 45.6 Å². The van der Waals surface area contributed by atoms with Crippen LogP contribution in [0.25, 0.3) is 11.0 Å². The number of aryl methyl sites for hydroxylation is 2. The van der Waals surface area contributed by atoms with E-state index in [1.54, 1.807) is 0 Å². The molecule has 0 amide bonds. The average Bonchev–Trinajstić information content (AvgIpc) is 2.69. The van der Waals surface area contributed by atoms with Gasteiger partial charge in [-0.3, -0.25) is 0 Å². The smallest absolute Gasteiger partial charge is 0.106 e. The number of aliphatic hydroxyl groups is 2. The highest BCUT2D eigenvalue weighted by Crippen LogP contribution is 2.16. The Bertz CT molecular complexity index is 551. The Kier molecular flexibility index (Phi) is 4.52. The van der Waals surface area contributed by atoms with Gasteiger partial charge in [-0.1, -0.05) is 6.07 Å². The van der Waals surface area contributed by atoms with Gasteiger partial charge < -0.3 is 20.1 Å². The van der Waals surface area contributed by atoms with Gasteiger partial charge in [0.2, 0.25) is 0 Å². The summed E-state index contributed by atoms with van der Waals surface area (Å²) in [6.45, 7) is 2.99. The molecule has 0 fully saturated rings. The quantitative estimate of drug-likeness (QED) is 0.658. The predicted molar refractivity (Wildman–Crippen MR) is 75.1 cm³/mol. The third-order valence-corrected chi connectivity index (χ3v) is 3.35. The standard InChI is InChI=1S/C14H21N3O2/c1-10-16-13-7-11(3-4-14(13)17(10)2)5-6-15-8-12(19)9-18/h3-4,7,12,15,18-19H,5-6,8-9H2,1-2H3. The van der Waals surface area contributed by atoms with Crippen molar-refractivity contribution in [3.05, 3.63) is 29.6 Å². The molecule has 1 aromatic heterocycles. The number of aromatic nitrogens is 2. The molecule has 1 heterocycles. The molecular formula is C14H21N3O2. The SMILES string of the molecule is Cc1nc2cc(CCNCC(O)CO)ccc2n1C. The van der Waals surface area contributed by atoms with Crippen LogP contribution < -0.4 is 5.32 Å². The fraction of sp³-hybridized carbons (Fsp3) is 0.500. The van der Waals surface area contributed by atoms with Crippen LogP contribution in [0.3, 0.4) is 0 Å². The topological polar surface area (TPSA) is 70.3 Å². The number of nitrogens with zero attached hydrogens (tertiary/aromatic N) is 2. The van der Waals surface area contributed by atoms with Crippen LogP contribution in [0.15, 0.2) is 18.2 Å². The summed E-state index contributed by atoms with van der Waals surface area (Å²) in [4.78, 5) is 4.51. The van der Waals surface area contributed by atoms with Gasteiger partial charge in [-0.2, -0.15) is 0 Å². The summed E-state index contributed by atoms with van der Waals surface area (Å²) in [6, 6.07) is 6.30. The Labute approximate surface area is 112 Å². The first kappa shape index (κ1) is 14.0. The summed E-state index contributed by atoms with van der Waals surface area (Å²) in [5, 5.41) is 21.0. The molecule has 1 atom stereocenters.